The van der Waals surface area contributed by atoms with Crippen molar-refractivity contribution in [2.75, 3.05) is 5.75 Å². The van der Waals surface area contributed by atoms with Gasteiger partial charge in [0.1, 0.15) is 0 Å². The van der Waals surface area contributed by atoms with Gasteiger partial charge in [0.25, 0.3) is 0 Å². The van der Waals surface area contributed by atoms with Crippen molar-refractivity contribution < 1.29 is 4.79 Å². The molecule has 0 saturated carbocycles. The summed E-state index contributed by atoms with van der Waals surface area (Å²) in [5, 5.41) is -0.0711. The van der Waals surface area contributed by atoms with Gasteiger partial charge in [-0.3, -0.25) is 4.79 Å². The molecule has 0 radical (unpaired) electrons. The third-order valence-corrected chi connectivity index (χ3v) is 2.77. The van der Waals surface area contributed by atoms with Gasteiger partial charge in [0.15, 0.2) is 0 Å². The molecule has 1 heterocycles. The van der Waals surface area contributed by atoms with E-state index in [9.17, 15) is 4.79 Å². The summed E-state index contributed by atoms with van der Waals surface area (Å²) in [7, 11) is 0. The van der Waals surface area contributed by atoms with Crippen LogP contribution in [0.15, 0.2) is 29.3 Å². The molecular formula is C10H9NOS. The van der Waals surface area contributed by atoms with Crippen molar-refractivity contribution >= 4 is 22.7 Å². The fourth-order valence-corrected chi connectivity index (χ4v) is 1.99. The molecule has 0 spiro atoms. The molecule has 1 aliphatic heterocycles. The molecule has 0 atom stereocenters. The van der Waals surface area contributed by atoms with Gasteiger partial charge in [0.2, 0.25) is 0 Å². The number of aliphatic imine (C=N–C) groups is 1. The molecule has 3 heteroatoms. The maximum Gasteiger partial charge on any atom is 0.305 e. The van der Waals surface area contributed by atoms with Crippen LogP contribution in [-0.2, 0) is 0 Å². The summed E-state index contributed by atoms with van der Waals surface area (Å²) in [4.78, 5) is 14.9. The van der Waals surface area contributed by atoms with Gasteiger partial charge in [0, 0.05) is 5.75 Å². The monoisotopic (exact) mass is 191 g/mol. The number of amides is 1. The summed E-state index contributed by atoms with van der Waals surface area (Å²) in [5.74, 6) is 0.712. The van der Waals surface area contributed by atoms with Crippen LogP contribution in [0.4, 0.5) is 4.79 Å². The van der Waals surface area contributed by atoms with Crippen molar-refractivity contribution in [3.8, 4) is 0 Å². The highest BCUT2D eigenvalue weighted by atomic mass is 32.2. The van der Waals surface area contributed by atoms with Crippen LogP contribution >= 0.6 is 11.8 Å². The van der Waals surface area contributed by atoms with E-state index in [1.807, 2.05) is 31.2 Å². The molecule has 2 nitrogen and oxygen atoms in total. The Bertz CT molecular complexity index is 384. The van der Waals surface area contributed by atoms with Crippen molar-refractivity contribution in [1.29, 1.82) is 0 Å². The van der Waals surface area contributed by atoms with E-state index in [1.165, 1.54) is 17.3 Å². The van der Waals surface area contributed by atoms with Gasteiger partial charge in [-0.2, -0.15) is 0 Å². The van der Waals surface area contributed by atoms with Crippen LogP contribution < -0.4 is 0 Å². The zero-order valence-corrected chi connectivity index (χ0v) is 8.10. The summed E-state index contributed by atoms with van der Waals surface area (Å²) >= 11 is 1.27. The highest BCUT2D eigenvalue weighted by Gasteiger charge is 2.16. The van der Waals surface area contributed by atoms with Crippen molar-refractivity contribution in [3.05, 3.63) is 35.4 Å². The lowest BCUT2D eigenvalue weighted by atomic mass is 10.1. The second kappa shape index (κ2) is 3.34. The average Bonchev–Trinajstić information content (AvgIpc) is 2.53. The Kier molecular flexibility index (Phi) is 2.19. The van der Waals surface area contributed by atoms with Gasteiger partial charge in [-0.1, -0.05) is 36.0 Å². The van der Waals surface area contributed by atoms with Crippen LogP contribution in [0.1, 0.15) is 11.1 Å². The van der Waals surface area contributed by atoms with Crippen LogP contribution in [0.25, 0.3) is 0 Å². The number of carbonyl (C=O) groups excluding carboxylic acids is 1. The van der Waals surface area contributed by atoms with E-state index in [2.05, 4.69) is 4.99 Å². The van der Waals surface area contributed by atoms with E-state index in [-0.39, 0.29) is 5.24 Å². The molecule has 0 aliphatic carbocycles. The largest absolute Gasteiger partial charge is 0.305 e. The maximum absolute atomic E-state index is 10.9. The number of aryl methyl sites for hydroxylation is 1. The Morgan fingerprint density at radius 1 is 1.38 bits per heavy atom. The van der Waals surface area contributed by atoms with Crippen molar-refractivity contribution in [1.82, 2.24) is 0 Å². The number of nitrogens with zero attached hydrogens (tertiary/aromatic N) is 1. The molecule has 2 rings (SSSR count). The van der Waals surface area contributed by atoms with Crippen LogP contribution in [0.5, 0.6) is 0 Å². The summed E-state index contributed by atoms with van der Waals surface area (Å²) in [6.07, 6.45) is 0. The van der Waals surface area contributed by atoms with E-state index in [1.54, 1.807) is 0 Å². The van der Waals surface area contributed by atoms with Gasteiger partial charge in [-0.25, -0.2) is 4.99 Å². The fourth-order valence-electron chi connectivity index (χ4n) is 1.34. The van der Waals surface area contributed by atoms with Gasteiger partial charge in [-0.05, 0) is 18.1 Å². The molecule has 1 aliphatic rings. The number of benzene rings is 1. The first kappa shape index (κ1) is 8.51. The molecule has 1 aromatic carbocycles. The minimum atomic E-state index is -0.0711. The zero-order chi connectivity index (χ0) is 9.26. The highest BCUT2D eigenvalue weighted by molar-refractivity contribution is 8.14. The van der Waals surface area contributed by atoms with Crippen LogP contribution in [0.3, 0.4) is 0 Å². The molecule has 13 heavy (non-hydrogen) atoms. The Hall–Kier alpha value is -1.09. The van der Waals surface area contributed by atoms with Gasteiger partial charge >= 0.3 is 5.24 Å². The van der Waals surface area contributed by atoms with Crippen molar-refractivity contribution in [2.45, 2.75) is 6.92 Å². The Labute approximate surface area is 81.1 Å². The van der Waals surface area contributed by atoms with E-state index >= 15 is 0 Å². The SMILES string of the molecule is Cc1ccccc1C1=NC(=O)SC1. The zero-order valence-electron chi connectivity index (χ0n) is 7.28. The van der Waals surface area contributed by atoms with E-state index in [0.717, 1.165) is 11.3 Å². The average molecular weight is 191 g/mol. The Morgan fingerprint density at radius 2 is 2.15 bits per heavy atom. The maximum atomic E-state index is 10.9. The number of hydrogen-bond donors (Lipinski definition) is 0. The number of thioether (sulfide) groups is 1. The topological polar surface area (TPSA) is 29.4 Å². The first-order valence-electron chi connectivity index (χ1n) is 4.08. The predicted molar refractivity (Wildman–Crippen MR) is 55.6 cm³/mol. The molecule has 0 fully saturated rings. The molecular weight excluding hydrogens is 182 g/mol. The molecule has 1 aromatic rings. The molecule has 0 aromatic heterocycles. The van der Waals surface area contributed by atoms with E-state index < -0.39 is 0 Å². The molecule has 66 valence electrons. The second-order valence-electron chi connectivity index (χ2n) is 2.93. The molecule has 0 saturated heterocycles. The smallest absolute Gasteiger partial charge is 0.259 e. The predicted octanol–water partition coefficient (Wildman–Crippen LogP) is 2.65. The summed E-state index contributed by atoms with van der Waals surface area (Å²) in [6, 6.07) is 8.00. The van der Waals surface area contributed by atoms with Crippen molar-refractivity contribution in [2.24, 2.45) is 4.99 Å². The summed E-state index contributed by atoms with van der Waals surface area (Å²) in [5.41, 5.74) is 3.19. The van der Waals surface area contributed by atoms with Gasteiger partial charge < -0.3 is 0 Å². The minimum absolute atomic E-state index is 0.0711. The third kappa shape index (κ3) is 1.65. The lowest BCUT2D eigenvalue weighted by Gasteiger charge is -2.02. The quantitative estimate of drug-likeness (QED) is 0.683. The molecule has 0 bridgehead atoms. The van der Waals surface area contributed by atoms with Crippen LogP contribution in [0.2, 0.25) is 0 Å². The highest BCUT2D eigenvalue weighted by Crippen LogP contribution is 2.20. The first-order valence-corrected chi connectivity index (χ1v) is 5.06. The van der Waals surface area contributed by atoms with Crippen LogP contribution in [-0.4, -0.2) is 16.7 Å². The lowest BCUT2D eigenvalue weighted by Crippen LogP contribution is -2.01. The van der Waals surface area contributed by atoms with Crippen LogP contribution in [0, 0.1) is 6.92 Å². The number of carbonyl (C=O) groups is 1. The molecule has 1 amide bonds. The number of hydrogen-bond acceptors (Lipinski definition) is 2. The normalized spacial score (nSPS) is 16.1. The third-order valence-electron chi connectivity index (χ3n) is 2.01. The fraction of sp³-hybridized carbons (Fsp3) is 0.200. The van der Waals surface area contributed by atoms with Gasteiger partial charge in [0.05, 0.1) is 5.71 Å². The van der Waals surface area contributed by atoms with E-state index in [4.69, 9.17) is 0 Å². The first-order chi connectivity index (χ1) is 6.27. The van der Waals surface area contributed by atoms with E-state index in [0.29, 0.717) is 5.75 Å². The number of rotatable bonds is 1. The molecule has 0 unspecified atom stereocenters. The lowest BCUT2D eigenvalue weighted by molar-refractivity contribution is 0.268. The summed E-state index contributed by atoms with van der Waals surface area (Å²) < 4.78 is 0. The Morgan fingerprint density at radius 3 is 2.77 bits per heavy atom. The second-order valence-corrected chi connectivity index (χ2v) is 3.85. The Balaban J connectivity index is 2.41. The van der Waals surface area contributed by atoms with Crippen molar-refractivity contribution in [3.63, 3.8) is 0 Å². The standard InChI is InChI=1S/C10H9NOS/c1-7-4-2-3-5-8(7)9-6-13-10(12)11-9/h2-5H,6H2,1H3. The summed E-state index contributed by atoms with van der Waals surface area (Å²) in [6.45, 7) is 2.03. The van der Waals surface area contributed by atoms with Gasteiger partial charge in [-0.15, -0.1) is 0 Å². The molecule has 0 N–H and O–H groups in total. The minimum Gasteiger partial charge on any atom is -0.259 e.